The van der Waals surface area contributed by atoms with E-state index in [0.717, 1.165) is 48.9 Å². The molecule has 0 radical (unpaired) electrons. The van der Waals surface area contributed by atoms with Gasteiger partial charge in [0.15, 0.2) is 5.11 Å². The minimum atomic E-state index is -0.0877. The summed E-state index contributed by atoms with van der Waals surface area (Å²) in [5.74, 6) is 1.60. The van der Waals surface area contributed by atoms with E-state index in [-0.39, 0.29) is 18.2 Å². The smallest absolute Gasteiger partial charge is 0.174 e. The zero-order chi connectivity index (χ0) is 25.2. The molecule has 0 saturated carbocycles. The van der Waals surface area contributed by atoms with Crippen LogP contribution in [0.3, 0.4) is 0 Å². The van der Waals surface area contributed by atoms with Gasteiger partial charge in [0, 0.05) is 36.9 Å². The summed E-state index contributed by atoms with van der Waals surface area (Å²) in [6, 6.07) is 26.4. The molecule has 4 aromatic rings. The van der Waals surface area contributed by atoms with Gasteiger partial charge in [0.2, 0.25) is 0 Å². The van der Waals surface area contributed by atoms with Crippen molar-refractivity contribution in [2.75, 3.05) is 11.5 Å². The number of aryl methyl sites for hydroxylation is 1. The highest BCUT2D eigenvalue weighted by atomic mass is 32.1. The molecule has 2 aliphatic heterocycles. The summed E-state index contributed by atoms with van der Waals surface area (Å²) in [4.78, 5) is 6.88. The van der Waals surface area contributed by atoms with E-state index in [4.69, 9.17) is 21.7 Å². The van der Waals surface area contributed by atoms with E-state index >= 15 is 0 Å². The van der Waals surface area contributed by atoms with E-state index < -0.39 is 0 Å². The second-order valence-electron chi connectivity index (χ2n) is 9.63. The fourth-order valence-corrected chi connectivity index (χ4v) is 5.57. The molecule has 0 spiro atoms. The molecule has 3 atom stereocenters. The van der Waals surface area contributed by atoms with Crippen molar-refractivity contribution in [3.05, 3.63) is 108 Å². The zero-order valence-electron chi connectivity index (χ0n) is 20.8. The van der Waals surface area contributed by atoms with Crippen LogP contribution in [-0.2, 0) is 11.3 Å². The van der Waals surface area contributed by atoms with Crippen LogP contribution in [-0.4, -0.2) is 27.4 Å². The Morgan fingerprint density at radius 3 is 2.49 bits per heavy atom. The van der Waals surface area contributed by atoms with Crippen LogP contribution in [0, 0.1) is 6.92 Å². The first-order valence-electron chi connectivity index (χ1n) is 12.8. The fraction of sp³-hybridized carbons (Fsp3) is 0.267. The number of rotatable bonds is 7. The second-order valence-corrected chi connectivity index (χ2v) is 10.0. The highest BCUT2D eigenvalue weighted by molar-refractivity contribution is 7.80. The number of hydrogen-bond donors (Lipinski definition) is 1. The van der Waals surface area contributed by atoms with Crippen molar-refractivity contribution in [3.8, 4) is 11.5 Å². The van der Waals surface area contributed by atoms with Gasteiger partial charge in [0.1, 0.15) is 17.5 Å². The number of hydrogen-bond acceptors (Lipinski definition) is 4. The normalized spacial score (nSPS) is 21.3. The maximum absolute atomic E-state index is 6.07. The lowest BCUT2D eigenvalue weighted by Crippen LogP contribution is -2.31. The molecule has 0 aliphatic carbocycles. The Kier molecular flexibility index (Phi) is 6.64. The van der Waals surface area contributed by atoms with Crippen LogP contribution in [0.1, 0.15) is 41.9 Å². The number of anilines is 1. The summed E-state index contributed by atoms with van der Waals surface area (Å²) in [7, 11) is 0. The molecule has 1 N–H and O–H groups in total. The predicted octanol–water partition coefficient (Wildman–Crippen LogP) is 6.34. The Labute approximate surface area is 222 Å². The Balaban J connectivity index is 1.33. The highest BCUT2D eigenvalue weighted by Gasteiger charge is 2.42. The first-order chi connectivity index (χ1) is 18.2. The van der Waals surface area contributed by atoms with E-state index in [0.29, 0.717) is 5.11 Å². The van der Waals surface area contributed by atoms with Crippen LogP contribution < -0.4 is 15.0 Å². The van der Waals surface area contributed by atoms with Gasteiger partial charge in [-0.1, -0.05) is 23.8 Å². The van der Waals surface area contributed by atoms with Crippen molar-refractivity contribution < 1.29 is 9.47 Å². The molecule has 2 saturated heterocycles. The van der Waals surface area contributed by atoms with Gasteiger partial charge in [-0.15, -0.1) is 0 Å². The molecule has 2 aromatic carbocycles. The molecule has 6 nitrogen and oxygen atoms in total. The quantitative estimate of drug-likeness (QED) is 0.293. The van der Waals surface area contributed by atoms with Gasteiger partial charge in [0.05, 0.1) is 17.8 Å². The molecule has 2 aliphatic rings. The van der Waals surface area contributed by atoms with Crippen LogP contribution in [0.15, 0.2) is 91.3 Å². The van der Waals surface area contributed by atoms with E-state index in [1.165, 1.54) is 11.3 Å². The number of nitrogens with one attached hydrogen (secondary N) is 1. The third-order valence-corrected chi connectivity index (χ3v) is 7.38. The number of nitrogens with zero attached hydrogens (tertiary/aromatic N) is 3. The monoisotopic (exact) mass is 510 g/mol. The molecule has 7 heteroatoms. The molecule has 0 amide bonds. The molecule has 6 rings (SSSR count). The number of thiocarbonyl (C=S) groups is 1. The SMILES string of the molecule is Cc1ccc(Oc2ccc(N3C(=S)N[C@H](c4ccccn4)[C@@H]3c3cccn3C[C@@H]3CCCO3)cc2)cc1. The third kappa shape index (κ3) is 4.97. The van der Waals surface area contributed by atoms with Crippen molar-refractivity contribution in [1.29, 1.82) is 0 Å². The minimum absolute atomic E-state index is 0.0670. The average Bonchev–Trinajstić information content (AvgIpc) is 3.67. The van der Waals surface area contributed by atoms with E-state index in [1.807, 2.05) is 54.7 Å². The van der Waals surface area contributed by atoms with Gasteiger partial charge < -0.3 is 24.3 Å². The summed E-state index contributed by atoms with van der Waals surface area (Å²) >= 11 is 5.91. The van der Waals surface area contributed by atoms with Crippen LogP contribution >= 0.6 is 12.2 Å². The van der Waals surface area contributed by atoms with Gasteiger partial charge >= 0.3 is 0 Å². The van der Waals surface area contributed by atoms with Gasteiger partial charge in [-0.05, 0) is 92.6 Å². The van der Waals surface area contributed by atoms with Crippen LogP contribution in [0.5, 0.6) is 11.5 Å². The van der Waals surface area contributed by atoms with Crippen molar-refractivity contribution in [3.63, 3.8) is 0 Å². The minimum Gasteiger partial charge on any atom is -0.457 e. The molecular weight excluding hydrogens is 480 g/mol. The predicted molar refractivity (Wildman–Crippen MR) is 149 cm³/mol. The fourth-order valence-electron chi connectivity index (χ4n) is 5.22. The summed E-state index contributed by atoms with van der Waals surface area (Å²) < 4.78 is 14.3. The average molecular weight is 511 g/mol. The van der Waals surface area contributed by atoms with Crippen molar-refractivity contribution >= 4 is 23.0 Å². The van der Waals surface area contributed by atoms with E-state index in [1.54, 1.807) is 0 Å². The molecular formula is C30H30N4O2S. The maximum Gasteiger partial charge on any atom is 0.174 e. The van der Waals surface area contributed by atoms with E-state index in [2.05, 4.69) is 63.2 Å². The summed E-state index contributed by atoms with van der Waals surface area (Å²) in [5.41, 5.74) is 4.34. The van der Waals surface area contributed by atoms with Crippen LogP contribution in [0.25, 0.3) is 0 Å². The third-order valence-electron chi connectivity index (χ3n) is 7.06. The zero-order valence-corrected chi connectivity index (χ0v) is 21.6. The first kappa shape index (κ1) is 23.7. The summed E-state index contributed by atoms with van der Waals surface area (Å²) in [6.45, 7) is 3.74. The largest absolute Gasteiger partial charge is 0.457 e. The number of benzene rings is 2. The van der Waals surface area contributed by atoms with Gasteiger partial charge in [-0.25, -0.2) is 0 Å². The van der Waals surface area contributed by atoms with Crippen molar-refractivity contribution in [2.45, 2.75) is 44.5 Å². The highest BCUT2D eigenvalue weighted by Crippen LogP contribution is 2.42. The van der Waals surface area contributed by atoms with Crippen LogP contribution in [0.4, 0.5) is 5.69 Å². The molecule has 2 aromatic heterocycles. The Hall–Kier alpha value is -3.68. The van der Waals surface area contributed by atoms with E-state index in [9.17, 15) is 0 Å². The lowest BCUT2D eigenvalue weighted by atomic mass is 10.0. The lowest BCUT2D eigenvalue weighted by Gasteiger charge is -2.29. The standard InChI is InChI=1S/C30H30N4O2S/c1-21-9-13-23(14-10-21)36-24-15-11-22(12-16-24)34-29(28(32-30(34)37)26-7-2-3-17-31-26)27-8-4-18-33(27)20-25-6-5-19-35-25/h2-4,7-18,25,28-29H,5-6,19-20H2,1H3,(H,32,37)/t25-,28+,29-/m0/s1. The summed E-state index contributed by atoms with van der Waals surface area (Å²) in [6.07, 6.45) is 6.44. The summed E-state index contributed by atoms with van der Waals surface area (Å²) in [5, 5.41) is 4.24. The van der Waals surface area contributed by atoms with Crippen molar-refractivity contribution in [2.24, 2.45) is 0 Å². The second kappa shape index (κ2) is 10.4. The molecule has 0 unspecified atom stereocenters. The molecule has 4 heterocycles. The number of pyridine rings is 1. The number of ether oxygens (including phenoxy) is 2. The Bertz CT molecular complexity index is 1350. The topological polar surface area (TPSA) is 51.5 Å². The Morgan fingerprint density at radius 2 is 1.78 bits per heavy atom. The number of aromatic nitrogens is 2. The van der Waals surface area contributed by atoms with Gasteiger partial charge in [-0.2, -0.15) is 0 Å². The van der Waals surface area contributed by atoms with Crippen LogP contribution in [0.2, 0.25) is 0 Å². The molecule has 37 heavy (non-hydrogen) atoms. The molecule has 2 fully saturated rings. The maximum atomic E-state index is 6.07. The Morgan fingerprint density at radius 1 is 1.00 bits per heavy atom. The van der Waals surface area contributed by atoms with Gasteiger partial charge in [0.25, 0.3) is 0 Å². The molecule has 0 bridgehead atoms. The first-order valence-corrected chi connectivity index (χ1v) is 13.2. The molecule has 188 valence electrons. The lowest BCUT2D eigenvalue weighted by molar-refractivity contribution is 0.0961. The van der Waals surface area contributed by atoms with Crippen molar-refractivity contribution in [1.82, 2.24) is 14.9 Å². The van der Waals surface area contributed by atoms with Gasteiger partial charge in [-0.3, -0.25) is 4.98 Å².